The molecule has 0 aromatic rings. The molecular weight excluding hydrogens is 464 g/mol. The van der Waals surface area contributed by atoms with Crippen LogP contribution in [0.25, 0.3) is 0 Å². The van der Waals surface area contributed by atoms with E-state index in [1.165, 1.54) is 37.7 Å². The maximum atomic E-state index is 13.3. The molecular formula is C36H58O2. The number of hydrogen-bond donors (Lipinski definition) is 1. The first-order valence-corrected chi connectivity index (χ1v) is 15.7. The molecule has 38 heavy (non-hydrogen) atoms. The van der Waals surface area contributed by atoms with Gasteiger partial charge in [0.1, 0.15) is 5.78 Å². The van der Waals surface area contributed by atoms with E-state index in [-0.39, 0.29) is 28.3 Å². The first kappa shape index (κ1) is 31.2. The molecule has 214 valence electrons. The van der Waals surface area contributed by atoms with Crippen LogP contribution in [0.1, 0.15) is 120 Å². The van der Waals surface area contributed by atoms with Gasteiger partial charge in [-0.1, -0.05) is 86.1 Å². The first-order valence-electron chi connectivity index (χ1n) is 15.7. The maximum absolute atomic E-state index is 13.3. The molecule has 0 spiro atoms. The molecule has 0 aromatic carbocycles. The summed E-state index contributed by atoms with van der Waals surface area (Å²) in [6, 6.07) is 0. The summed E-state index contributed by atoms with van der Waals surface area (Å²) in [4.78, 5) is 13.3. The van der Waals surface area contributed by atoms with Crippen molar-refractivity contribution < 1.29 is 9.90 Å². The predicted octanol–water partition coefficient (Wildman–Crippen LogP) is 9.04. The van der Waals surface area contributed by atoms with Crippen molar-refractivity contribution in [1.82, 2.24) is 0 Å². The minimum atomic E-state index is -0.247. The number of aliphatic hydroxyl groups is 1. The molecule has 0 aromatic heterocycles. The lowest BCUT2D eigenvalue weighted by atomic mass is 9.38. The number of carbonyl (C=O) groups excluding carboxylic acids is 1. The van der Waals surface area contributed by atoms with E-state index in [9.17, 15) is 9.90 Å². The highest BCUT2D eigenvalue weighted by molar-refractivity contribution is 5.86. The topological polar surface area (TPSA) is 37.3 Å². The Hall–Kier alpha value is -1.33. The van der Waals surface area contributed by atoms with E-state index < -0.39 is 0 Å². The highest BCUT2D eigenvalue weighted by Gasteiger charge is 2.63. The average Bonchev–Trinajstić information content (AvgIpc) is 2.87. The van der Waals surface area contributed by atoms with Gasteiger partial charge in [-0.3, -0.25) is 4.79 Å². The second-order valence-electron chi connectivity index (χ2n) is 15.2. The Labute approximate surface area is 235 Å². The van der Waals surface area contributed by atoms with Crippen LogP contribution in [0, 0.1) is 70.0 Å². The van der Waals surface area contributed by atoms with E-state index in [1.807, 2.05) is 13.8 Å². The minimum absolute atomic E-state index is 0.139. The van der Waals surface area contributed by atoms with Crippen molar-refractivity contribution in [3.63, 3.8) is 0 Å². The van der Waals surface area contributed by atoms with Gasteiger partial charge < -0.3 is 5.11 Å². The summed E-state index contributed by atoms with van der Waals surface area (Å²) < 4.78 is 0. The number of fused-ring (bicyclic) bond motifs is 7. The molecule has 1 N–H and O–H groups in total. The summed E-state index contributed by atoms with van der Waals surface area (Å²) in [6.45, 7) is 25.0. The van der Waals surface area contributed by atoms with Crippen molar-refractivity contribution >= 4 is 5.78 Å². The second-order valence-corrected chi connectivity index (χ2v) is 15.2. The number of Topliss-reactive ketones (excluding diaryl/α,β-unsaturated/α-hetero) is 1. The van der Waals surface area contributed by atoms with Crippen molar-refractivity contribution in [2.75, 3.05) is 0 Å². The molecule has 0 radical (unpaired) electrons. The molecule has 2 nitrogen and oxygen atoms in total. The zero-order valence-corrected chi connectivity index (χ0v) is 26.2. The zero-order valence-electron chi connectivity index (χ0n) is 26.2. The van der Waals surface area contributed by atoms with Crippen LogP contribution in [0.2, 0.25) is 0 Å². The number of terminal acetylenes is 1. The molecule has 0 bridgehead atoms. The van der Waals surface area contributed by atoms with Gasteiger partial charge in [-0.05, 0) is 104 Å². The highest BCUT2D eigenvalue weighted by atomic mass is 16.3. The zero-order chi connectivity index (χ0) is 28.8. The van der Waals surface area contributed by atoms with Gasteiger partial charge in [-0.2, -0.15) is 0 Å². The molecule has 0 heterocycles. The molecule has 4 saturated carbocycles. The van der Waals surface area contributed by atoms with Crippen LogP contribution in [-0.4, -0.2) is 17.0 Å². The van der Waals surface area contributed by atoms with Gasteiger partial charge in [0.15, 0.2) is 0 Å². The van der Waals surface area contributed by atoms with Gasteiger partial charge >= 0.3 is 0 Å². The Kier molecular flexibility index (Phi) is 8.96. The third-order valence-electron chi connectivity index (χ3n) is 12.2. The number of aliphatic hydroxyl groups excluding tert-OH is 1. The molecule has 0 saturated heterocycles. The average molecular weight is 523 g/mol. The Morgan fingerprint density at radius 3 is 2.13 bits per heavy atom. The van der Waals surface area contributed by atoms with E-state index in [4.69, 9.17) is 6.58 Å². The van der Waals surface area contributed by atoms with Crippen LogP contribution in [0.3, 0.4) is 0 Å². The molecule has 5 aliphatic carbocycles. The van der Waals surface area contributed by atoms with Crippen LogP contribution in [-0.2, 0) is 4.79 Å². The number of ketones is 1. The summed E-state index contributed by atoms with van der Waals surface area (Å²) in [7, 11) is 0. The van der Waals surface area contributed by atoms with E-state index in [0.717, 1.165) is 25.7 Å². The van der Waals surface area contributed by atoms with Gasteiger partial charge in [-0.15, -0.1) is 12.8 Å². The van der Waals surface area contributed by atoms with Gasteiger partial charge in [0.25, 0.3) is 0 Å². The van der Waals surface area contributed by atoms with Crippen LogP contribution >= 0.6 is 0 Å². The molecule has 10 unspecified atom stereocenters. The van der Waals surface area contributed by atoms with E-state index >= 15 is 0 Å². The Balaban J connectivity index is 0.000000956. The fourth-order valence-electron chi connectivity index (χ4n) is 10.5. The monoisotopic (exact) mass is 522 g/mol. The Morgan fingerprint density at radius 1 is 0.947 bits per heavy atom. The van der Waals surface area contributed by atoms with E-state index in [0.29, 0.717) is 40.8 Å². The van der Waals surface area contributed by atoms with Gasteiger partial charge in [0.2, 0.25) is 0 Å². The van der Waals surface area contributed by atoms with Crippen LogP contribution < -0.4 is 0 Å². The number of allylic oxidation sites excluding steroid dienone is 3. The first-order chi connectivity index (χ1) is 17.7. The largest absolute Gasteiger partial charge is 0.393 e. The molecule has 0 aliphatic heterocycles. The van der Waals surface area contributed by atoms with Gasteiger partial charge in [0.05, 0.1) is 6.10 Å². The van der Waals surface area contributed by atoms with Crippen molar-refractivity contribution in [2.24, 2.45) is 57.2 Å². The van der Waals surface area contributed by atoms with Crippen LogP contribution in [0.5, 0.6) is 0 Å². The predicted molar refractivity (Wildman–Crippen MR) is 161 cm³/mol. The quantitative estimate of drug-likeness (QED) is 0.349. The Morgan fingerprint density at radius 2 is 1.53 bits per heavy atom. The third kappa shape index (κ3) is 4.78. The lowest BCUT2D eigenvalue weighted by Gasteiger charge is -2.66. The number of hydrogen-bond acceptors (Lipinski definition) is 2. The number of carbonyl (C=O) groups is 1. The molecule has 5 aliphatic rings. The van der Waals surface area contributed by atoms with Crippen LogP contribution in [0.4, 0.5) is 0 Å². The summed E-state index contributed by atoms with van der Waals surface area (Å²) in [5.74, 6) is 3.34. The molecule has 5 rings (SSSR count). The number of rotatable bonds is 1. The Bertz CT molecular complexity index is 948. The molecule has 4 fully saturated rings. The fourth-order valence-corrected chi connectivity index (χ4v) is 10.5. The molecule has 2 heteroatoms. The lowest BCUT2D eigenvalue weighted by Crippen LogP contribution is -2.60. The van der Waals surface area contributed by atoms with Crippen molar-refractivity contribution in [3.05, 3.63) is 23.8 Å². The smallest absolute Gasteiger partial charge is 0.141 e. The van der Waals surface area contributed by atoms with Crippen LogP contribution in [0.15, 0.2) is 23.8 Å². The normalized spacial score (nSPS) is 45.7. The minimum Gasteiger partial charge on any atom is -0.393 e. The fraction of sp³-hybridized carbons (Fsp3) is 0.806. The lowest BCUT2D eigenvalue weighted by molar-refractivity contribution is -0.143. The van der Waals surface area contributed by atoms with Gasteiger partial charge in [-0.25, -0.2) is 0 Å². The van der Waals surface area contributed by atoms with Crippen molar-refractivity contribution in [1.29, 1.82) is 0 Å². The molecule has 0 amide bonds. The summed E-state index contributed by atoms with van der Waals surface area (Å²) >= 11 is 0. The summed E-state index contributed by atoms with van der Waals surface area (Å²) in [5.41, 5.74) is 3.61. The third-order valence-corrected chi connectivity index (χ3v) is 12.2. The van der Waals surface area contributed by atoms with E-state index in [1.54, 1.807) is 5.57 Å². The molecule has 10 atom stereocenters. The maximum Gasteiger partial charge on any atom is 0.141 e. The second kappa shape index (κ2) is 10.9. The van der Waals surface area contributed by atoms with E-state index in [2.05, 4.69) is 67.4 Å². The summed E-state index contributed by atoms with van der Waals surface area (Å²) in [5, 5.41) is 10.7. The van der Waals surface area contributed by atoms with Crippen molar-refractivity contribution in [3.8, 4) is 12.8 Å². The highest BCUT2D eigenvalue weighted by Crippen LogP contribution is 2.71. The standard InChI is InChI=1S/C32H50O2.C2H6.C2H2/c1-19-17-22-24(10-14-30(6)13-9-21(18-25(22)30)28(34)29(3,4)5)32(8)15-11-23-20(2)26(33)12-16-31(23,7)27(19)32;2*1-2/h17,20-21,23-27,33H,1,9-16,18H2,2-8H3;1-2H3;1-2H. The van der Waals surface area contributed by atoms with Gasteiger partial charge in [0, 0.05) is 11.3 Å². The summed E-state index contributed by atoms with van der Waals surface area (Å²) in [6.07, 6.45) is 20.9. The van der Waals surface area contributed by atoms with Crippen molar-refractivity contribution in [2.45, 2.75) is 126 Å². The SMILES string of the molecule is C#C.C=C1C=C2C3CC(C(=O)C(C)(C)C)CCC3(C)CCC2C2(C)CCC3C(C)C(O)CCC3(C)C12.CC.